The van der Waals surface area contributed by atoms with Crippen molar-refractivity contribution in [2.45, 2.75) is 60.0 Å². The summed E-state index contributed by atoms with van der Waals surface area (Å²) in [5, 5.41) is 0. The maximum absolute atomic E-state index is 5.22. The molecule has 0 saturated carbocycles. The quantitative estimate of drug-likeness (QED) is 0.490. The van der Waals surface area contributed by atoms with E-state index < -0.39 is 0 Å². The van der Waals surface area contributed by atoms with Gasteiger partial charge in [-0.3, -0.25) is 4.90 Å². The molecule has 2 aromatic carbocycles. The number of anilines is 3. The predicted molar refractivity (Wildman–Crippen MR) is 141 cm³/mol. The smallest absolute Gasteiger partial charge is 0.232 e. The van der Waals surface area contributed by atoms with Crippen LogP contribution >= 0.6 is 0 Å². The molecule has 0 radical (unpaired) electrons. The highest BCUT2D eigenvalue weighted by Crippen LogP contribution is 2.36. The fourth-order valence-electron chi connectivity index (χ4n) is 5.96. The molecule has 1 atom stereocenters. The number of aryl methyl sites for hydroxylation is 4. The highest BCUT2D eigenvalue weighted by Gasteiger charge is 2.34. The van der Waals surface area contributed by atoms with E-state index in [4.69, 9.17) is 9.97 Å². The number of rotatable bonds is 6. The normalized spacial score (nSPS) is 17.9. The minimum atomic E-state index is 0.519. The number of benzene rings is 2. The van der Waals surface area contributed by atoms with Gasteiger partial charge >= 0.3 is 0 Å². The SMILES string of the molecule is CCN(c1nc(C)c2c(n1)N(C1CCN(Cc3ccccc3)C1)CC2)c1c(C)cc(C)cc1C. The molecule has 1 unspecified atom stereocenters. The van der Waals surface area contributed by atoms with E-state index in [9.17, 15) is 0 Å². The molecule has 5 rings (SSSR count). The zero-order valence-corrected chi connectivity index (χ0v) is 21.3. The van der Waals surface area contributed by atoms with E-state index >= 15 is 0 Å². The van der Waals surface area contributed by atoms with Gasteiger partial charge in [0.15, 0.2) is 0 Å². The van der Waals surface area contributed by atoms with Crippen LogP contribution in [0.15, 0.2) is 42.5 Å². The van der Waals surface area contributed by atoms with E-state index in [0.717, 1.165) is 56.6 Å². The summed E-state index contributed by atoms with van der Waals surface area (Å²) in [7, 11) is 0. The molecular formula is C29H37N5. The van der Waals surface area contributed by atoms with Gasteiger partial charge in [-0.2, -0.15) is 4.98 Å². The zero-order valence-electron chi connectivity index (χ0n) is 21.3. The number of aromatic nitrogens is 2. The topological polar surface area (TPSA) is 35.5 Å². The lowest BCUT2D eigenvalue weighted by atomic mass is 10.0. The van der Waals surface area contributed by atoms with Crippen molar-refractivity contribution in [1.29, 1.82) is 0 Å². The minimum absolute atomic E-state index is 0.519. The monoisotopic (exact) mass is 455 g/mol. The molecule has 1 aromatic heterocycles. The molecule has 34 heavy (non-hydrogen) atoms. The molecule has 3 heterocycles. The van der Waals surface area contributed by atoms with Gasteiger partial charge in [0.2, 0.25) is 5.95 Å². The fourth-order valence-corrected chi connectivity index (χ4v) is 5.96. The second-order valence-corrected chi connectivity index (χ2v) is 10.0. The largest absolute Gasteiger partial charge is 0.352 e. The second-order valence-electron chi connectivity index (χ2n) is 10.0. The van der Waals surface area contributed by atoms with Crippen molar-refractivity contribution >= 4 is 17.5 Å². The molecule has 0 spiro atoms. The molecule has 2 aliphatic rings. The first-order valence-electron chi connectivity index (χ1n) is 12.7. The van der Waals surface area contributed by atoms with Gasteiger partial charge in [0.25, 0.3) is 0 Å². The average Bonchev–Trinajstić information content (AvgIpc) is 3.44. The third kappa shape index (κ3) is 4.29. The Morgan fingerprint density at radius 1 is 0.971 bits per heavy atom. The van der Waals surface area contributed by atoms with Gasteiger partial charge in [-0.1, -0.05) is 48.0 Å². The Kier molecular flexibility index (Phi) is 6.30. The van der Waals surface area contributed by atoms with Gasteiger partial charge in [-0.25, -0.2) is 4.98 Å². The lowest BCUT2D eigenvalue weighted by Gasteiger charge is -2.29. The summed E-state index contributed by atoms with van der Waals surface area (Å²) < 4.78 is 0. The molecule has 5 nitrogen and oxygen atoms in total. The maximum atomic E-state index is 5.22. The molecule has 0 aliphatic carbocycles. The van der Waals surface area contributed by atoms with Crippen molar-refractivity contribution < 1.29 is 0 Å². The highest BCUT2D eigenvalue weighted by atomic mass is 15.3. The molecule has 0 bridgehead atoms. The maximum Gasteiger partial charge on any atom is 0.232 e. The lowest BCUT2D eigenvalue weighted by Crippen LogP contribution is -2.37. The first-order chi connectivity index (χ1) is 16.4. The van der Waals surface area contributed by atoms with Crippen molar-refractivity contribution in [2.75, 3.05) is 36.0 Å². The summed E-state index contributed by atoms with van der Waals surface area (Å²) >= 11 is 0. The lowest BCUT2D eigenvalue weighted by molar-refractivity contribution is 0.325. The molecule has 3 aromatic rings. The van der Waals surface area contributed by atoms with Crippen LogP contribution < -0.4 is 9.80 Å². The van der Waals surface area contributed by atoms with Crippen molar-refractivity contribution in [3.05, 3.63) is 76.0 Å². The van der Waals surface area contributed by atoms with Crippen LogP contribution in [-0.2, 0) is 13.0 Å². The number of likely N-dealkylation sites (tertiary alicyclic amines) is 1. The van der Waals surface area contributed by atoms with Gasteiger partial charge in [0.1, 0.15) is 5.82 Å². The van der Waals surface area contributed by atoms with Crippen molar-refractivity contribution in [3.8, 4) is 0 Å². The van der Waals surface area contributed by atoms with Crippen LogP contribution in [0, 0.1) is 27.7 Å². The molecule has 0 amide bonds. The second kappa shape index (κ2) is 9.38. The number of fused-ring (bicyclic) bond motifs is 1. The third-order valence-electron chi connectivity index (χ3n) is 7.46. The fraction of sp³-hybridized carbons (Fsp3) is 0.448. The minimum Gasteiger partial charge on any atom is -0.352 e. The van der Waals surface area contributed by atoms with Crippen LogP contribution in [0.25, 0.3) is 0 Å². The summed E-state index contributed by atoms with van der Waals surface area (Å²) in [6.45, 7) is 16.1. The van der Waals surface area contributed by atoms with E-state index in [1.54, 1.807) is 0 Å². The summed E-state index contributed by atoms with van der Waals surface area (Å²) in [5.41, 5.74) is 8.96. The Morgan fingerprint density at radius 2 is 1.71 bits per heavy atom. The van der Waals surface area contributed by atoms with Crippen LogP contribution in [0.3, 0.4) is 0 Å². The molecule has 5 heteroatoms. The Hall–Kier alpha value is -2.92. The van der Waals surface area contributed by atoms with Crippen LogP contribution in [0.4, 0.5) is 17.5 Å². The standard InChI is InChI=1S/C29H37N5/c1-6-33(27-21(3)16-20(2)17-22(27)4)29-30-23(5)26-13-15-34(28(26)31-29)25-12-14-32(19-25)18-24-10-8-7-9-11-24/h7-11,16-17,25H,6,12-15,18-19H2,1-5H3. The Labute approximate surface area is 204 Å². The summed E-state index contributed by atoms with van der Waals surface area (Å²) in [6, 6.07) is 15.9. The number of hydrogen-bond acceptors (Lipinski definition) is 5. The van der Waals surface area contributed by atoms with E-state index in [-0.39, 0.29) is 0 Å². The number of hydrogen-bond donors (Lipinski definition) is 0. The zero-order chi connectivity index (χ0) is 23.8. The van der Waals surface area contributed by atoms with Crippen LogP contribution in [0.5, 0.6) is 0 Å². The van der Waals surface area contributed by atoms with Crippen molar-refractivity contribution in [3.63, 3.8) is 0 Å². The third-order valence-corrected chi connectivity index (χ3v) is 7.46. The van der Waals surface area contributed by atoms with Crippen molar-refractivity contribution in [2.24, 2.45) is 0 Å². The molecule has 1 fully saturated rings. The van der Waals surface area contributed by atoms with Crippen LogP contribution in [-0.4, -0.2) is 47.1 Å². The summed E-state index contributed by atoms with van der Waals surface area (Å²) in [6.07, 6.45) is 2.24. The average molecular weight is 456 g/mol. The van der Waals surface area contributed by atoms with E-state index in [1.807, 2.05) is 0 Å². The van der Waals surface area contributed by atoms with Crippen LogP contribution in [0.2, 0.25) is 0 Å². The van der Waals surface area contributed by atoms with E-state index in [2.05, 4.69) is 91.8 Å². The molecule has 2 aliphatic heterocycles. The van der Waals surface area contributed by atoms with E-state index in [0.29, 0.717) is 6.04 Å². The summed E-state index contributed by atoms with van der Waals surface area (Å²) in [5.74, 6) is 2.00. The van der Waals surface area contributed by atoms with Gasteiger partial charge < -0.3 is 9.80 Å². The molecule has 0 N–H and O–H groups in total. The summed E-state index contributed by atoms with van der Waals surface area (Å²) in [4.78, 5) is 17.7. The predicted octanol–water partition coefficient (Wildman–Crippen LogP) is 5.51. The Bertz CT molecular complexity index is 1150. The Morgan fingerprint density at radius 3 is 2.41 bits per heavy atom. The van der Waals surface area contributed by atoms with Gasteiger partial charge in [-0.05, 0) is 64.2 Å². The van der Waals surface area contributed by atoms with Crippen LogP contribution in [0.1, 0.15) is 46.9 Å². The molecule has 178 valence electrons. The molecular weight excluding hydrogens is 418 g/mol. The van der Waals surface area contributed by atoms with E-state index in [1.165, 1.54) is 39.9 Å². The molecule has 1 saturated heterocycles. The van der Waals surface area contributed by atoms with Crippen molar-refractivity contribution in [1.82, 2.24) is 14.9 Å². The van der Waals surface area contributed by atoms with Gasteiger partial charge in [0, 0.05) is 55.7 Å². The Balaban J connectivity index is 1.42. The number of nitrogens with zero attached hydrogens (tertiary/aromatic N) is 5. The highest BCUT2D eigenvalue weighted by molar-refractivity contribution is 5.68. The van der Waals surface area contributed by atoms with Gasteiger partial charge in [0.05, 0.1) is 0 Å². The first kappa shape index (κ1) is 22.9. The first-order valence-corrected chi connectivity index (χ1v) is 12.7. The van der Waals surface area contributed by atoms with Gasteiger partial charge in [-0.15, -0.1) is 0 Å².